The number of hydrogen-bond acceptors (Lipinski definition) is 8. The maximum absolute atomic E-state index is 13.0. The van der Waals surface area contributed by atoms with Gasteiger partial charge in [0.2, 0.25) is 26.0 Å². The summed E-state index contributed by atoms with van der Waals surface area (Å²) in [6, 6.07) is 10.6. The average Bonchev–Trinajstić information content (AvgIpc) is 2.83. The van der Waals surface area contributed by atoms with E-state index in [4.69, 9.17) is 14.2 Å². The number of amides is 1. The minimum atomic E-state index is -3.86. The van der Waals surface area contributed by atoms with E-state index in [1.807, 2.05) is 0 Å². The molecule has 0 unspecified atom stereocenters. The molecule has 0 radical (unpaired) electrons. The van der Waals surface area contributed by atoms with Gasteiger partial charge in [-0.3, -0.25) is 9.10 Å². The van der Waals surface area contributed by atoms with Crippen molar-refractivity contribution in [2.75, 3.05) is 62.4 Å². The zero-order chi connectivity index (χ0) is 25.6. The normalized spacial score (nSPS) is 14.8. The average molecular weight is 528 g/mol. The Morgan fingerprint density at radius 1 is 1.09 bits per heavy atom. The van der Waals surface area contributed by atoms with E-state index in [2.05, 4.69) is 5.32 Å². The molecule has 11 nitrogen and oxygen atoms in total. The second-order valence-corrected chi connectivity index (χ2v) is 11.4. The number of nitrogens with zero attached hydrogens (tertiary/aromatic N) is 2. The lowest BCUT2D eigenvalue weighted by molar-refractivity contribution is -0.114. The number of carbonyl (C=O) groups excluding carboxylic acids is 1. The van der Waals surface area contributed by atoms with Crippen molar-refractivity contribution in [1.29, 1.82) is 0 Å². The van der Waals surface area contributed by atoms with E-state index in [-0.39, 0.29) is 35.1 Å². The largest absolute Gasteiger partial charge is 0.495 e. The van der Waals surface area contributed by atoms with Crippen LogP contribution >= 0.6 is 0 Å². The lowest BCUT2D eigenvalue weighted by Crippen LogP contribution is -2.40. The monoisotopic (exact) mass is 527 g/mol. The minimum absolute atomic E-state index is 0.0304. The SMILES string of the molecule is CCOc1ccccc1N(CC(=O)Nc1cc(S(=O)(=O)N2CCOCC2)ccc1OC)S(C)(=O)=O. The molecule has 0 atom stereocenters. The molecule has 1 heterocycles. The standard InChI is InChI=1S/C22H29N3O8S2/c1-4-33-21-8-6-5-7-19(21)25(34(3,27)28)16-22(26)23-18-15-17(9-10-20(18)31-2)35(29,30)24-11-13-32-14-12-24/h5-10,15H,4,11-14,16H2,1-3H3,(H,23,26). The Labute approximate surface area is 205 Å². The van der Waals surface area contributed by atoms with Gasteiger partial charge in [0.05, 0.1) is 49.5 Å². The molecule has 35 heavy (non-hydrogen) atoms. The van der Waals surface area contributed by atoms with Crippen LogP contribution in [0.1, 0.15) is 6.92 Å². The molecule has 2 aromatic rings. The van der Waals surface area contributed by atoms with Crippen LogP contribution in [0.25, 0.3) is 0 Å². The third-order valence-electron chi connectivity index (χ3n) is 5.17. The predicted octanol–water partition coefficient (Wildman–Crippen LogP) is 1.52. The molecule has 1 fully saturated rings. The van der Waals surface area contributed by atoms with Gasteiger partial charge < -0.3 is 19.5 Å². The number of rotatable bonds is 10. The van der Waals surface area contributed by atoms with E-state index < -0.39 is 32.5 Å². The first-order chi connectivity index (χ1) is 16.6. The van der Waals surface area contributed by atoms with Gasteiger partial charge in [-0.05, 0) is 37.3 Å². The highest BCUT2D eigenvalue weighted by atomic mass is 32.2. The summed E-state index contributed by atoms with van der Waals surface area (Å²) in [6.07, 6.45) is 0.985. The summed E-state index contributed by atoms with van der Waals surface area (Å²) in [5.74, 6) is -0.162. The van der Waals surface area contributed by atoms with Crippen LogP contribution in [-0.4, -0.2) is 79.9 Å². The Hall–Kier alpha value is -2.87. The van der Waals surface area contributed by atoms with Crippen LogP contribution in [-0.2, 0) is 29.6 Å². The smallest absolute Gasteiger partial charge is 0.245 e. The zero-order valence-corrected chi connectivity index (χ0v) is 21.4. The first-order valence-electron chi connectivity index (χ1n) is 10.8. The molecule has 0 aliphatic carbocycles. The van der Waals surface area contributed by atoms with Crippen LogP contribution in [0.15, 0.2) is 47.4 Å². The molecule has 1 saturated heterocycles. The Kier molecular flexibility index (Phi) is 8.59. The first kappa shape index (κ1) is 26.7. The number of ether oxygens (including phenoxy) is 3. The number of morpholine rings is 1. The van der Waals surface area contributed by atoms with Crippen molar-refractivity contribution >= 4 is 37.3 Å². The van der Waals surface area contributed by atoms with Gasteiger partial charge in [-0.25, -0.2) is 16.8 Å². The number of methoxy groups -OCH3 is 1. The van der Waals surface area contributed by atoms with Crippen LogP contribution in [0.4, 0.5) is 11.4 Å². The van der Waals surface area contributed by atoms with Gasteiger partial charge in [0.15, 0.2) is 0 Å². The van der Waals surface area contributed by atoms with Gasteiger partial charge in [0.25, 0.3) is 0 Å². The molecule has 1 N–H and O–H groups in total. The van der Waals surface area contributed by atoms with Gasteiger partial charge in [0, 0.05) is 13.1 Å². The summed E-state index contributed by atoms with van der Waals surface area (Å²) in [7, 11) is -6.31. The van der Waals surface area contributed by atoms with E-state index in [0.717, 1.165) is 10.6 Å². The summed E-state index contributed by atoms with van der Waals surface area (Å²) in [4.78, 5) is 12.9. The second-order valence-electron chi connectivity index (χ2n) is 7.60. The van der Waals surface area contributed by atoms with Crippen molar-refractivity contribution in [3.63, 3.8) is 0 Å². The van der Waals surface area contributed by atoms with Crippen LogP contribution in [0, 0.1) is 0 Å². The second kappa shape index (κ2) is 11.2. The number of benzene rings is 2. The van der Waals surface area contributed by atoms with Crippen molar-refractivity contribution in [3.05, 3.63) is 42.5 Å². The van der Waals surface area contributed by atoms with Crippen LogP contribution in [0.2, 0.25) is 0 Å². The molecule has 1 amide bonds. The molecule has 3 rings (SSSR count). The Bertz CT molecular complexity index is 1260. The van der Waals surface area contributed by atoms with E-state index >= 15 is 0 Å². The highest BCUT2D eigenvalue weighted by Gasteiger charge is 2.28. The number of hydrogen-bond donors (Lipinski definition) is 1. The number of sulfonamides is 2. The number of carbonyl (C=O) groups is 1. The molecule has 1 aliphatic heterocycles. The molecule has 192 valence electrons. The molecule has 0 spiro atoms. The molecule has 0 bridgehead atoms. The number of para-hydroxylation sites is 2. The van der Waals surface area contributed by atoms with Crippen molar-refractivity contribution in [1.82, 2.24) is 4.31 Å². The Morgan fingerprint density at radius 2 is 1.77 bits per heavy atom. The van der Waals surface area contributed by atoms with E-state index in [9.17, 15) is 21.6 Å². The van der Waals surface area contributed by atoms with E-state index in [1.54, 1.807) is 25.1 Å². The van der Waals surface area contributed by atoms with Crippen molar-refractivity contribution in [3.8, 4) is 11.5 Å². The Morgan fingerprint density at radius 3 is 2.40 bits per heavy atom. The molecular formula is C22H29N3O8S2. The third-order valence-corrected chi connectivity index (χ3v) is 8.20. The van der Waals surface area contributed by atoms with E-state index in [0.29, 0.717) is 25.6 Å². The van der Waals surface area contributed by atoms with Crippen LogP contribution < -0.4 is 19.1 Å². The lowest BCUT2D eigenvalue weighted by atomic mass is 10.2. The summed E-state index contributed by atoms with van der Waals surface area (Å²) in [5.41, 5.74) is 0.306. The van der Waals surface area contributed by atoms with Crippen LogP contribution in [0.3, 0.4) is 0 Å². The number of anilines is 2. The van der Waals surface area contributed by atoms with E-state index in [1.165, 1.54) is 35.7 Å². The van der Waals surface area contributed by atoms with Gasteiger partial charge in [-0.15, -0.1) is 0 Å². The highest BCUT2D eigenvalue weighted by molar-refractivity contribution is 7.92. The van der Waals surface area contributed by atoms with Gasteiger partial charge in [0.1, 0.15) is 18.0 Å². The maximum Gasteiger partial charge on any atom is 0.245 e. The highest BCUT2D eigenvalue weighted by Crippen LogP contribution is 2.31. The van der Waals surface area contributed by atoms with Crippen molar-refractivity contribution < 1.29 is 35.8 Å². The predicted molar refractivity (Wildman–Crippen MR) is 131 cm³/mol. The van der Waals surface area contributed by atoms with Gasteiger partial charge in [-0.1, -0.05) is 12.1 Å². The minimum Gasteiger partial charge on any atom is -0.495 e. The fraction of sp³-hybridized carbons (Fsp3) is 0.409. The first-order valence-corrected chi connectivity index (χ1v) is 14.1. The van der Waals surface area contributed by atoms with Gasteiger partial charge >= 0.3 is 0 Å². The fourth-order valence-corrected chi connectivity index (χ4v) is 5.82. The van der Waals surface area contributed by atoms with Crippen molar-refractivity contribution in [2.24, 2.45) is 0 Å². The summed E-state index contributed by atoms with van der Waals surface area (Å²) in [5, 5.41) is 2.58. The lowest BCUT2D eigenvalue weighted by Gasteiger charge is -2.26. The van der Waals surface area contributed by atoms with Gasteiger partial charge in [-0.2, -0.15) is 4.31 Å². The molecular weight excluding hydrogens is 498 g/mol. The Balaban J connectivity index is 1.88. The molecule has 0 saturated carbocycles. The maximum atomic E-state index is 13.0. The molecule has 0 aromatic heterocycles. The fourth-order valence-electron chi connectivity index (χ4n) is 3.52. The molecule has 1 aliphatic rings. The molecule has 2 aromatic carbocycles. The third kappa shape index (κ3) is 6.42. The number of nitrogens with one attached hydrogen (secondary N) is 1. The quantitative estimate of drug-likeness (QED) is 0.492. The summed E-state index contributed by atoms with van der Waals surface area (Å²) in [6.45, 7) is 2.54. The molecule has 13 heteroatoms. The zero-order valence-electron chi connectivity index (χ0n) is 19.8. The topological polar surface area (TPSA) is 132 Å². The van der Waals surface area contributed by atoms with Crippen LogP contribution in [0.5, 0.6) is 11.5 Å². The summed E-state index contributed by atoms with van der Waals surface area (Å²) < 4.78 is 69.4. The summed E-state index contributed by atoms with van der Waals surface area (Å²) >= 11 is 0. The van der Waals surface area contributed by atoms with Crippen molar-refractivity contribution in [2.45, 2.75) is 11.8 Å².